The van der Waals surface area contributed by atoms with E-state index in [9.17, 15) is 4.79 Å². The topological polar surface area (TPSA) is 76.2 Å². The summed E-state index contributed by atoms with van der Waals surface area (Å²) in [6, 6.07) is -0.944. The van der Waals surface area contributed by atoms with Crippen molar-refractivity contribution in [3.8, 4) is 0 Å². The third-order valence-electron chi connectivity index (χ3n) is 3.15. The molecule has 1 heterocycles. The summed E-state index contributed by atoms with van der Waals surface area (Å²) in [4.78, 5) is 15.0. The van der Waals surface area contributed by atoms with E-state index in [-0.39, 0.29) is 0 Å². The zero-order valence-corrected chi connectivity index (χ0v) is 9.15. The van der Waals surface area contributed by atoms with Gasteiger partial charge in [-0.2, -0.15) is 0 Å². The largest absolute Gasteiger partial charge is 0.480 e. The van der Waals surface area contributed by atoms with Gasteiger partial charge in [0.25, 0.3) is 0 Å². The summed E-state index contributed by atoms with van der Waals surface area (Å²) >= 11 is 0. The summed E-state index contributed by atoms with van der Waals surface area (Å²) in [6.45, 7) is 0. The van der Waals surface area contributed by atoms with Crippen molar-refractivity contribution in [2.75, 3.05) is 0 Å². The zero-order chi connectivity index (χ0) is 11.5. The number of carboxylic acids is 1. The van der Waals surface area contributed by atoms with Crippen molar-refractivity contribution in [2.24, 2.45) is 5.73 Å². The Kier molecular flexibility index (Phi) is 3.19. The Balaban J connectivity index is 2.42. The van der Waals surface area contributed by atoms with Crippen LogP contribution in [0.4, 0.5) is 0 Å². The Labute approximate surface area is 94.5 Å². The van der Waals surface area contributed by atoms with Crippen LogP contribution in [0.15, 0.2) is 12.4 Å². The molecule has 3 N–H and O–H groups in total. The van der Waals surface area contributed by atoms with Crippen LogP contribution in [-0.2, 0) is 17.6 Å². The van der Waals surface area contributed by atoms with E-state index in [1.807, 2.05) is 6.20 Å². The smallest absolute Gasteiger partial charge is 0.325 e. The lowest BCUT2D eigenvalue weighted by molar-refractivity contribution is -0.138. The Hall–Kier alpha value is -1.42. The molecule has 1 aromatic heterocycles. The quantitative estimate of drug-likeness (QED) is 0.739. The first-order valence-corrected chi connectivity index (χ1v) is 5.64. The number of carboxylic acid groups (broad SMARTS) is 1. The van der Waals surface area contributed by atoms with Gasteiger partial charge in [-0.3, -0.25) is 9.78 Å². The van der Waals surface area contributed by atoms with Gasteiger partial charge in [0.05, 0.1) is 0 Å². The van der Waals surface area contributed by atoms with Crippen LogP contribution < -0.4 is 5.73 Å². The van der Waals surface area contributed by atoms with Crippen LogP contribution in [0.5, 0.6) is 0 Å². The lowest BCUT2D eigenvalue weighted by Crippen LogP contribution is -2.22. The Morgan fingerprint density at radius 3 is 2.81 bits per heavy atom. The Morgan fingerprint density at radius 2 is 2.06 bits per heavy atom. The molecule has 86 valence electrons. The van der Waals surface area contributed by atoms with Crippen LogP contribution >= 0.6 is 0 Å². The second kappa shape index (κ2) is 4.61. The predicted octanol–water partition coefficient (Wildman–Crippen LogP) is 1.43. The van der Waals surface area contributed by atoms with E-state index < -0.39 is 12.0 Å². The molecule has 0 radical (unpaired) electrons. The van der Waals surface area contributed by atoms with E-state index in [1.54, 1.807) is 6.20 Å². The summed E-state index contributed by atoms with van der Waals surface area (Å²) in [5.41, 5.74) is 8.65. The van der Waals surface area contributed by atoms with Crippen LogP contribution in [0.1, 0.15) is 42.0 Å². The number of fused-ring (bicyclic) bond motifs is 1. The number of aromatic nitrogens is 1. The Morgan fingerprint density at radius 1 is 1.31 bits per heavy atom. The minimum atomic E-state index is -0.987. The SMILES string of the molecule is NC(C(=O)O)c1cncc2c1CCCCC2. The summed E-state index contributed by atoms with van der Waals surface area (Å²) in [5, 5.41) is 8.95. The number of aryl methyl sites for hydroxylation is 1. The van der Waals surface area contributed by atoms with Crippen molar-refractivity contribution in [2.45, 2.75) is 38.1 Å². The fraction of sp³-hybridized carbons (Fsp3) is 0.500. The molecular formula is C12H16N2O2. The first kappa shape index (κ1) is 11.1. The number of rotatable bonds is 2. The zero-order valence-electron chi connectivity index (χ0n) is 9.15. The molecule has 2 rings (SSSR count). The van der Waals surface area contributed by atoms with Crippen molar-refractivity contribution >= 4 is 5.97 Å². The molecule has 1 atom stereocenters. The molecule has 1 aliphatic rings. The van der Waals surface area contributed by atoms with Crippen LogP contribution in [0.25, 0.3) is 0 Å². The average Bonchev–Trinajstić information content (AvgIpc) is 2.52. The summed E-state index contributed by atoms with van der Waals surface area (Å²) in [5.74, 6) is -0.987. The molecule has 0 spiro atoms. The highest BCUT2D eigenvalue weighted by Crippen LogP contribution is 2.25. The van der Waals surface area contributed by atoms with Crippen molar-refractivity contribution in [3.05, 3.63) is 29.1 Å². The monoisotopic (exact) mass is 220 g/mol. The first-order valence-electron chi connectivity index (χ1n) is 5.64. The Bertz CT molecular complexity index is 404. The van der Waals surface area contributed by atoms with E-state index in [0.717, 1.165) is 31.2 Å². The van der Waals surface area contributed by atoms with Crippen LogP contribution in [0.3, 0.4) is 0 Å². The highest BCUT2D eigenvalue weighted by molar-refractivity contribution is 5.75. The highest BCUT2D eigenvalue weighted by atomic mass is 16.4. The minimum Gasteiger partial charge on any atom is -0.480 e. The molecule has 16 heavy (non-hydrogen) atoms. The molecular weight excluding hydrogens is 204 g/mol. The van der Waals surface area contributed by atoms with Crippen molar-refractivity contribution in [1.82, 2.24) is 4.98 Å². The van der Waals surface area contributed by atoms with Crippen molar-refractivity contribution in [3.63, 3.8) is 0 Å². The summed E-state index contributed by atoms with van der Waals surface area (Å²) in [7, 11) is 0. The lowest BCUT2D eigenvalue weighted by atomic mass is 9.96. The normalized spacial score (nSPS) is 17.3. The van der Waals surface area contributed by atoms with Crippen molar-refractivity contribution in [1.29, 1.82) is 0 Å². The second-order valence-corrected chi connectivity index (χ2v) is 4.24. The van der Waals surface area contributed by atoms with Gasteiger partial charge in [0.1, 0.15) is 6.04 Å². The van der Waals surface area contributed by atoms with Crippen LogP contribution in [0, 0.1) is 0 Å². The maximum absolute atomic E-state index is 10.9. The molecule has 0 saturated carbocycles. The fourth-order valence-corrected chi connectivity index (χ4v) is 2.26. The molecule has 0 aliphatic heterocycles. The molecule has 0 aromatic carbocycles. The van der Waals surface area contributed by atoms with E-state index in [4.69, 9.17) is 10.8 Å². The summed E-state index contributed by atoms with van der Waals surface area (Å²) in [6.07, 6.45) is 8.81. The number of carbonyl (C=O) groups is 1. The molecule has 0 amide bonds. The second-order valence-electron chi connectivity index (χ2n) is 4.24. The number of pyridine rings is 1. The number of hydrogen-bond acceptors (Lipinski definition) is 3. The van der Waals surface area contributed by atoms with Gasteiger partial charge in [-0.1, -0.05) is 6.42 Å². The number of hydrogen-bond donors (Lipinski definition) is 2. The maximum atomic E-state index is 10.9. The average molecular weight is 220 g/mol. The summed E-state index contributed by atoms with van der Waals surface area (Å²) < 4.78 is 0. The third-order valence-corrected chi connectivity index (χ3v) is 3.15. The third kappa shape index (κ3) is 2.07. The molecule has 1 aromatic rings. The fourth-order valence-electron chi connectivity index (χ4n) is 2.26. The van der Waals surface area contributed by atoms with Gasteiger partial charge in [-0.05, 0) is 36.8 Å². The van der Waals surface area contributed by atoms with Gasteiger partial charge in [0.15, 0.2) is 0 Å². The van der Waals surface area contributed by atoms with Gasteiger partial charge in [0.2, 0.25) is 0 Å². The standard InChI is InChI=1S/C12H16N2O2/c13-11(12(15)16)10-7-14-6-8-4-2-1-3-5-9(8)10/h6-7,11H,1-5,13H2,(H,15,16). The molecule has 0 fully saturated rings. The van der Waals surface area contributed by atoms with Gasteiger partial charge in [-0.25, -0.2) is 0 Å². The molecule has 4 heteroatoms. The minimum absolute atomic E-state index is 0.687. The maximum Gasteiger partial charge on any atom is 0.325 e. The van der Waals surface area contributed by atoms with E-state index in [0.29, 0.717) is 5.56 Å². The number of aliphatic carboxylic acids is 1. The van der Waals surface area contributed by atoms with Gasteiger partial charge in [-0.15, -0.1) is 0 Å². The van der Waals surface area contributed by atoms with Crippen LogP contribution in [-0.4, -0.2) is 16.1 Å². The van der Waals surface area contributed by atoms with Gasteiger partial charge in [0, 0.05) is 18.0 Å². The number of nitrogens with two attached hydrogens (primary N) is 1. The van der Waals surface area contributed by atoms with Crippen LogP contribution in [0.2, 0.25) is 0 Å². The molecule has 0 saturated heterocycles. The lowest BCUT2D eigenvalue weighted by Gasteiger charge is -2.14. The molecule has 0 bridgehead atoms. The molecule has 1 unspecified atom stereocenters. The van der Waals surface area contributed by atoms with Gasteiger partial charge >= 0.3 is 5.97 Å². The van der Waals surface area contributed by atoms with E-state index in [2.05, 4.69) is 4.98 Å². The number of nitrogens with zero attached hydrogens (tertiary/aromatic N) is 1. The molecule has 4 nitrogen and oxygen atoms in total. The van der Waals surface area contributed by atoms with E-state index in [1.165, 1.54) is 12.0 Å². The predicted molar refractivity (Wildman–Crippen MR) is 60.1 cm³/mol. The molecule has 1 aliphatic carbocycles. The van der Waals surface area contributed by atoms with E-state index >= 15 is 0 Å². The first-order chi connectivity index (χ1) is 7.70. The highest BCUT2D eigenvalue weighted by Gasteiger charge is 2.21. The van der Waals surface area contributed by atoms with Crippen molar-refractivity contribution < 1.29 is 9.90 Å². The van der Waals surface area contributed by atoms with Gasteiger partial charge < -0.3 is 10.8 Å².